The smallest absolute Gasteiger partial charge is 0.250 e. The molecule has 0 bridgehead atoms. The highest BCUT2D eigenvalue weighted by molar-refractivity contribution is 5.98. The van der Waals surface area contributed by atoms with E-state index < -0.39 is 0 Å². The van der Waals surface area contributed by atoms with Crippen LogP contribution in [0.15, 0.2) is 23.2 Å². The number of methoxy groups -OCH3 is 1. The Balaban J connectivity index is 2.46. The van der Waals surface area contributed by atoms with Crippen molar-refractivity contribution >= 4 is 12.1 Å². The van der Waals surface area contributed by atoms with Crippen LogP contribution in [-0.2, 0) is 11.2 Å². The van der Waals surface area contributed by atoms with Crippen LogP contribution in [0.3, 0.4) is 0 Å². The quantitative estimate of drug-likeness (QED) is 0.643. The normalized spacial score (nSPS) is 14.1. The number of carbonyl (C=O) groups excluding carboxylic acids is 1. The molecule has 1 aromatic carbocycles. The van der Waals surface area contributed by atoms with Crippen molar-refractivity contribution in [2.75, 3.05) is 7.11 Å². The number of hydrogen-bond acceptors (Lipinski definition) is 2. The average molecular weight is 175 g/mol. The van der Waals surface area contributed by atoms with Crippen molar-refractivity contribution in [3.05, 3.63) is 29.3 Å². The van der Waals surface area contributed by atoms with E-state index in [0.717, 1.165) is 16.9 Å². The molecule has 13 heavy (non-hydrogen) atoms. The lowest BCUT2D eigenvalue weighted by Gasteiger charge is -2.09. The van der Waals surface area contributed by atoms with Crippen molar-refractivity contribution in [2.45, 2.75) is 6.42 Å². The Hall–Kier alpha value is -1.64. The Morgan fingerprint density at radius 1 is 1.46 bits per heavy atom. The second kappa shape index (κ2) is 3.01. The molecule has 1 aromatic rings. The summed E-state index contributed by atoms with van der Waals surface area (Å²) in [5.74, 6) is 0.683. The lowest BCUT2D eigenvalue weighted by Crippen LogP contribution is -2.08. The van der Waals surface area contributed by atoms with Gasteiger partial charge in [0.2, 0.25) is 5.91 Å². The molecule has 0 fully saturated rings. The number of amides is 1. The zero-order valence-electron chi connectivity index (χ0n) is 7.28. The summed E-state index contributed by atoms with van der Waals surface area (Å²) >= 11 is 0. The molecule has 66 valence electrons. The first kappa shape index (κ1) is 7.98. The number of hydrogen-bond donors (Lipinski definition) is 0. The van der Waals surface area contributed by atoms with Crippen molar-refractivity contribution in [3.8, 4) is 5.75 Å². The van der Waals surface area contributed by atoms with Gasteiger partial charge in [-0.3, -0.25) is 4.79 Å². The van der Waals surface area contributed by atoms with Crippen molar-refractivity contribution in [3.63, 3.8) is 0 Å². The fraction of sp³-hybridized carbons (Fsp3) is 0.200. The van der Waals surface area contributed by atoms with Gasteiger partial charge in [0.15, 0.2) is 0 Å². The molecular formula is C10H9NO2. The Morgan fingerprint density at radius 2 is 2.31 bits per heavy atom. The number of ether oxygens (including phenoxy) is 1. The fourth-order valence-corrected chi connectivity index (χ4v) is 1.34. The van der Waals surface area contributed by atoms with Crippen LogP contribution in [0.25, 0.3) is 0 Å². The minimum absolute atomic E-state index is 0.0965. The minimum Gasteiger partial charge on any atom is -0.497 e. The Bertz CT molecular complexity index is 383. The highest BCUT2D eigenvalue weighted by atomic mass is 16.5. The Kier molecular flexibility index (Phi) is 1.85. The summed E-state index contributed by atoms with van der Waals surface area (Å²) < 4.78 is 5.06. The summed E-state index contributed by atoms with van der Waals surface area (Å²) in [6.45, 7) is 0. The van der Waals surface area contributed by atoms with Crippen LogP contribution in [0.4, 0.5) is 0 Å². The molecule has 3 nitrogen and oxygen atoms in total. The lowest BCUT2D eigenvalue weighted by atomic mass is 10.0. The topological polar surface area (TPSA) is 38.7 Å². The maximum absolute atomic E-state index is 11.0. The Morgan fingerprint density at radius 3 is 3.08 bits per heavy atom. The van der Waals surface area contributed by atoms with E-state index in [1.807, 2.05) is 18.2 Å². The number of carbonyl (C=O) groups is 1. The van der Waals surface area contributed by atoms with Gasteiger partial charge in [-0.05, 0) is 29.3 Å². The van der Waals surface area contributed by atoms with Crippen LogP contribution < -0.4 is 4.74 Å². The van der Waals surface area contributed by atoms with Crippen molar-refractivity contribution < 1.29 is 9.53 Å². The average Bonchev–Trinajstić information content (AvgIpc) is 2.16. The summed E-state index contributed by atoms with van der Waals surface area (Å²) in [6, 6.07) is 5.64. The van der Waals surface area contributed by atoms with E-state index in [-0.39, 0.29) is 5.91 Å². The predicted molar refractivity (Wildman–Crippen MR) is 49.3 cm³/mol. The molecule has 1 aliphatic heterocycles. The molecule has 0 N–H and O–H groups in total. The van der Waals surface area contributed by atoms with Crippen molar-refractivity contribution in [2.24, 2.45) is 4.99 Å². The van der Waals surface area contributed by atoms with Crippen LogP contribution in [0.1, 0.15) is 11.1 Å². The molecule has 0 unspecified atom stereocenters. The fourth-order valence-electron chi connectivity index (χ4n) is 1.34. The van der Waals surface area contributed by atoms with Gasteiger partial charge >= 0.3 is 0 Å². The molecule has 0 saturated heterocycles. The highest BCUT2D eigenvalue weighted by Crippen LogP contribution is 2.19. The predicted octanol–water partition coefficient (Wildman–Crippen LogP) is 1.20. The third-order valence-electron chi connectivity index (χ3n) is 2.04. The number of rotatable bonds is 1. The van der Waals surface area contributed by atoms with Crippen LogP contribution in [0.2, 0.25) is 0 Å². The summed E-state index contributed by atoms with van der Waals surface area (Å²) in [5.41, 5.74) is 1.99. The second-order valence-electron chi connectivity index (χ2n) is 2.89. The zero-order valence-corrected chi connectivity index (χ0v) is 7.28. The van der Waals surface area contributed by atoms with Crippen LogP contribution in [-0.4, -0.2) is 19.2 Å². The first-order valence-electron chi connectivity index (χ1n) is 4.03. The van der Waals surface area contributed by atoms with Gasteiger partial charge in [-0.1, -0.05) is 0 Å². The molecule has 0 aliphatic carbocycles. The first-order chi connectivity index (χ1) is 6.29. The monoisotopic (exact) mass is 175 g/mol. The standard InChI is InChI=1S/C10H9NO2/c1-13-9-3-2-7-6-11-10(12)5-8(7)4-9/h2-4,6H,5H2,1H3. The number of benzene rings is 1. The second-order valence-corrected chi connectivity index (χ2v) is 2.89. The molecule has 1 amide bonds. The zero-order chi connectivity index (χ0) is 9.26. The van der Waals surface area contributed by atoms with Crippen molar-refractivity contribution in [1.29, 1.82) is 0 Å². The molecule has 3 heteroatoms. The molecule has 0 spiro atoms. The largest absolute Gasteiger partial charge is 0.497 e. The maximum atomic E-state index is 11.0. The third-order valence-corrected chi connectivity index (χ3v) is 2.04. The third kappa shape index (κ3) is 1.45. The van der Waals surface area contributed by atoms with E-state index in [0.29, 0.717) is 6.42 Å². The number of nitrogens with zero attached hydrogens (tertiary/aromatic N) is 1. The SMILES string of the molecule is COc1ccc2c(c1)CC(=O)N=C2. The van der Waals surface area contributed by atoms with Gasteiger partial charge in [0.25, 0.3) is 0 Å². The van der Waals surface area contributed by atoms with Crippen LogP contribution in [0, 0.1) is 0 Å². The summed E-state index contributed by atoms with van der Waals surface area (Å²) in [5, 5.41) is 0. The van der Waals surface area contributed by atoms with E-state index in [9.17, 15) is 4.79 Å². The summed E-state index contributed by atoms with van der Waals surface area (Å²) in [4.78, 5) is 14.7. The van der Waals surface area contributed by atoms with E-state index in [1.54, 1.807) is 13.3 Å². The van der Waals surface area contributed by atoms with Gasteiger partial charge < -0.3 is 4.74 Å². The van der Waals surface area contributed by atoms with Gasteiger partial charge in [-0.2, -0.15) is 0 Å². The molecule has 0 aromatic heterocycles. The highest BCUT2D eigenvalue weighted by Gasteiger charge is 2.11. The maximum Gasteiger partial charge on any atom is 0.250 e. The van der Waals surface area contributed by atoms with Crippen molar-refractivity contribution in [1.82, 2.24) is 0 Å². The van der Waals surface area contributed by atoms with E-state index in [2.05, 4.69) is 4.99 Å². The van der Waals surface area contributed by atoms with Gasteiger partial charge in [-0.15, -0.1) is 0 Å². The van der Waals surface area contributed by atoms with Gasteiger partial charge in [-0.25, -0.2) is 4.99 Å². The molecule has 0 radical (unpaired) electrons. The number of fused-ring (bicyclic) bond motifs is 1. The Labute approximate surface area is 76.1 Å². The van der Waals surface area contributed by atoms with Crippen LogP contribution >= 0.6 is 0 Å². The van der Waals surface area contributed by atoms with Gasteiger partial charge in [0.1, 0.15) is 5.75 Å². The lowest BCUT2D eigenvalue weighted by molar-refractivity contribution is -0.117. The summed E-state index contributed by atoms with van der Waals surface area (Å²) in [6.07, 6.45) is 1.98. The molecule has 0 saturated carbocycles. The molecule has 2 rings (SSSR count). The van der Waals surface area contributed by atoms with Gasteiger partial charge in [0, 0.05) is 6.21 Å². The molecule has 0 atom stereocenters. The summed E-state index contributed by atoms with van der Waals surface area (Å²) in [7, 11) is 1.61. The van der Waals surface area contributed by atoms with E-state index in [4.69, 9.17) is 4.74 Å². The molecular weight excluding hydrogens is 166 g/mol. The van der Waals surface area contributed by atoms with Gasteiger partial charge in [0.05, 0.1) is 13.5 Å². The van der Waals surface area contributed by atoms with E-state index >= 15 is 0 Å². The minimum atomic E-state index is -0.0965. The first-order valence-corrected chi connectivity index (χ1v) is 4.03. The number of aliphatic imine (C=N–C) groups is 1. The van der Waals surface area contributed by atoms with Crippen LogP contribution in [0.5, 0.6) is 5.75 Å². The van der Waals surface area contributed by atoms with E-state index in [1.165, 1.54) is 0 Å². The molecule has 1 heterocycles. The molecule has 1 aliphatic rings.